The lowest BCUT2D eigenvalue weighted by molar-refractivity contribution is -0.129. The number of nitrogens with zero attached hydrogens (tertiary/aromatic N) is 2. The van der Waals surface area contributed by atoms with Crippen molar-refractivity contribution in [2.24, 2.45) is 0 Å². The highest BCUT2D eigenvalue weighted by Gasteiger charge is 2.16. The SMILES string of the molecule is CCCn1c(C)cc(/C=C(/C#N)C(=O)Oc2ccc3oc4ccccc4c3c2)c1C. The lowest BCUT2D eigenvalue weighted by Gasteiger charge is -2.07. The molecule has 150 valence electrons. The maximum absolute atomic E-state index is 12.7. The highest BCUT2D eigenvalue weighted by molar-refractivity contribution is 6.06. The molecule has 30 heavy (non-hydrogen) atoms. The van der Waals surface area contributed by atoms with Crippen LogP contribution in [0.5, 0.6) is 5.75 Å². The van der Waals surface area contributed by atoms with E-state index < -0.39 is 5.97 Å². The Morgan fingerprint density at radius 2 is 1.90 bits per heavy atom. The minimum Gasteiger partial charge on any atom is -0.456 e. The predicted molar refractivity (Wildman–Crippen MR) is 117 cm³/mol. The van der Waals surface area contributed by atoms with Gasteiger partial charge in [-0.2, -0.15) is 5.26 Å². The van der Waals surface area contributed by atoms with Gasteiger partial charge in [0, 0.05) is 28.7 Å². The minimum atomic E-state index is -0.676. The quantitative estimate of drug-likeness (QED) is 0.181. The van der Waals surface area contributed by atoms with Gasteiger partial charge in [0.05, 0.1) is 0 Å². The number of rotatable bonds is 5. The van der Waals surface area contributed by atoms with E-state index in [1.807, 2.05) is 50.2 Å². The maximum Gasteiger partial charge on any atom is 0.354 e. The molecule has 4 aromatic rings. The topological polar surface area (TPSA) is 68.2 Å². The molecule has 4 rings (SSSR count). The van der Waals surface area contributed by atoms with Crippen molar-refractivity contribution in [3.05, 3.63) is 71.1 Å². The number of carbonyl (C=O) groups excluding carboxylic acids is 1. The Morgan fingerprint density at radius 3 is 2.67 bits per heavy atom. The predicted octanol–water partition coefficient (Wildman–Crippen LogP) is 5.93. The molecular weight excluding hydrogens is 376 g/mol. The Hall–Kier alpha value is -3.78. The zero-order chi connectivity index (χ0) is 21.3. The summed E-state index contributed by atoms with van der Waals surface area (Å²) in [5.41, 5.74) is 4.44. The summed E-state index contributed by atoms with van der Waals surface area (Å²) in [5.74, 6) is -0.304. The number of furan rings is 1. The van der Waals surface area contributed by atoms with Gasteiger partial charge in [0.15, 0.2) is 0 Å². The third kappa shape index (κ3) is 3.48. The molecule has 5 nitrogen and oxygen atoms in total. The Morgan fingerprint density at radius 1 is 1.13 bits per heavy atom. The van der Waals surface area contributed by atoms with Gasteiger partial charge in [0.2, 0.25) is 0 Å². The van der Waals surface area contributed by atoms with Crippen LogP contribution in [0.2, 0.25) is 0 Å². The van der Waals surface area contributed by atoms with Crippen LogP contribution in [0.25, 0.3) is 28.0 Å². The summed E-state index contributed by atoms with van der Waals surface area (Å²) in [6.45, 7) is 7.03. The van der Waals surface area contributed by atoms with E-state index in [4.69, 9.17) is 9.15 Å². The molecule has 0 radical (unpaired) electrons. The fraction of sp³-hybridized carbons (Fsp3) is 0.200. The van der Waals surface area contributed by atoms with Gasteiger partial charge in [0.1, 0.15) is 28.6 Å². The molecular formula is C25H22N2O3. The van der Waals surface area contributed by atoms with Crippen LogP contribution in [0.3, 0.4) is 0 Å². The standard InChI is InChI=1S/C25H22N2O3/c1-4-11-27-16(2)12-18(17(27)3)13-19(15-26)25(28)29-20-9-10-24-22(14-20)21-7-5-6-8-23(21)30-24/h5-10,12-14H,4,11H2,1-3H3/b19-13-. The van der Waals surface area contributed by atoms with Crippen molar-refractivity contribution in [1.82, 2.24) is 4.57 Å². The van der Waals surface area contributed by atoms with E-state index in [0.717, 1.165) is 51.9 Å². The number of aromatic nitrogens is 1. The van der Waals surface area contributed by atoms with E-state index in [2.05, 4.69) is 11.5 Å². The van der Waals surface area contributed by atoms with Crippen LogP contribution in [0.1, 0.15) is 30.3 Å². The van der Waals surface area contributed by atoms with Crippen LogP contribution in [0.15, 0.2) is 58.5 Å². The van der Waals surface area contributed by atoms with Crippen molar-refractivity contribution in [3.63, 3.8) is 0 Å². The average molecular weight is 398 g/mol. The van der Waals surface area contributed by atoms with Crippen LogP contribution < -0.4 is 4.74 Å². The highest BCUT2D eigenvalue weighted by atomic mass is 16.5. The van der Waals surface area contributed by atoms with Crippen molar-refractivity contribution in [2.75, 3.05) is 0 Å². The lowest BCUT2D eigenvalue weighted by atomic mass is 10.1. The minimum absolute atomic E-state index is 0.0381. The van der Waals surface area contributed by atoms with Gasteiger partial charge in [-0.15, -0.1) is 0 Å². The first-order valence-corrected chi connectivity index (χ1v) is 9.93. The van der Waals surface area contributed by atoms with Crippen LogP contribution in [0, 0.1) is 25.2 Å². The molecule has 2 heterocycles. The summed E-state index contributed by atoms with van der Waals surface area (Å²) in [6, 6.07) is 16.9. The average Bonchev–Trinajstić information content (AvgIpc) is 3.24. The van der Waals surface area contributed by atoms with Gasteiger partial charge in [-0.1, -0.05) is 25.1 Å². The Labute approximate surface area is 174 Å². The molecule has 0 aliphatic rings. The maximum atomic E-state index is 12.7. The van der Waals surface area contributed by atoms with E-state index >= 15 is 0 Å². The largest absolute Gasteiger partial charge is 0.456 e. The second-order valence-electron chi connectivity index (χ2n) is 7.29. The molecule has 0 spiro atoms. The number of para-hydroxylation sites is 1. The first-order chi connectivity index (χ1) is 14.5. The molecule has 0 unspecified atom stereocenters. The number of carbonyl (C=O) groups is 1. The van der Waals surface area contributed by atoms with Gasteiger partial charge in [0.25, 0.3) is 0 Å². The van der Waals surface area contributed by atoms with Gasteiger partial charge >= 0.3 is 5.97 Å². The van der Waals surface area contributed by atoms with E-state index in [-0.39, 0.29) is 5.57 Å². The molecule has 0 saturated heterocycles. The Balaban J connectivity index is 1.64. The number of fused-ring (bicyclic) bond motifs is 3. The number of ether oxygens (including phenoxy) is 1. The molecule has 0 aliphatic carbocycles. The number of hydrogen-bond acceptors (Lipinski definition) is 4. The van der Waals surface area contributed by atoms with Crippen LogP contribution in [-0.4, -0.2) is 10.5 Å². The number of nitriles is 1. The van der Waals surface area contributed by atoms with Gasteiger partial charge < -0.3 is 13.7 Å². The summed E-state index contributed by atoms with van der Waals surface area (Å²) in [4.78, 5) is 12.7. The molecule has 0 saturated carbocycles. The third-order valence-corrected chi connectivity index (χ3v) is 5.26. The molecule has 0 atom stereocenters. The molecule has 0 amide bonds. The summed E-state index contributed by atoms with van der Waals surface area (Å²) in [7, 11) is 0. The Kier molecular flexibility index (Phi) is 5.16. The lowest BCUT2D eigenvalue weighted by Crippen LogP contribution is -2.10. The first-order valence-electron chi connectivity index (χ1n) is 9.93. The monoisotopic (exact) mass is 398 g/mol. The van der Waals surface area contributed by atoms with Crippen molar-refractivity contribution in [3.8, 4) is 11.8 Å². The van der Waals surface area contributed by atoms with E-state index in [1.165, 1.54) is 0 Å². The van der Waals surface area contributed by atoms with Crippen molar-refractivity contribution in [1.29, 1.82) is 5.26 Å². The molecule has 0 aliphatic heterocycles. The number of aryl methyl sites for hydroxylation is 1. The number of hydrogen-bond donors (Lipinski definition) is 0. The molecule has 0 fully saturated rings. The van der Waals surface area contributed by atoms with Gasteiger partial charge in [-0.3, -0.25) is 0 Å². The fourth-order valence-corrected chi connectivity index (χ4v) is 3.76. The molecule has 2 aromatic carbocycles. The molecule has 5 heteroatoms. The molecule has 0 bridgehead atoms. The van der Waals surface area contributed by atoms with Crippen molar-refractivity contribution >= 4 is 34.0 Å². The Bertz CT molecular complexity index is 1330. The smallest absolute Gasteiger partial charge is 0.354 e. The number of esters is 1. The fourth-order valence-electron chi connectivity index (χ4n) is 3.76. The summed E-state index contributed by atoms with van der Waals surface area (Å²) in [6.07, 6.45) is 2.61. The van der Waals surface area contributed by atoms with Crippen molar-refractivity contribution < 1.29 is 13.9 Å². The van der Waals surface area contributed by atoms with E-state index in [0.29, 0.717) is 5.75 Å². The van der Waals surface area contributed by atoms with Crippen LogP contribution in [-0.2, 0) is 11.3 Å². The summed E-state index contributed by atoms with van der Waals surface area (Å²) < 4.78 is 13.5. The number of benzene rings is 2. The second kappa shape index (κ2) is 7.92. The highest BCUT2D eigenvalue weighted by Crippen LogP contribution is 2.31. The second-order valence-corrected chi connectivity index (χ2v) is 7.29. The van der Waals surface area contributed by atoms with Crippen molar-refractivity contribution in [2.45, 2.75) is 33.7 Å². The first kappa shape index (κ1) is 19.5. The summed E-state index contributed by atoms with van der Waals surface area (Å²) in [5, 5.41) is 11.4. The molecule has 2 aromatic heterocycles. The molecule has 0 N–H and O–H groups in total. The van der Waals surface area contributed by atoms with Crippen LogP contribution in [0.4, 0.5) is 0 Å². The summed E-state index contributed by atoms with van der Waals surface area (Å²) >= 11 is 0. The van der Waals surface area contributed by atoms with Gasteiger partial charge in [-0.25, -0.2) is 4.79 Å². The van der Waals surface area contributed by atoms with E-state index in [1.54, 1.807) is 24.3 Å². The zero-order valence-corrected chi connectivity index (χ0v) is 17.2. The normalized spacial score (nSPS) is 11.7. The van der Waals surface area contributed by atoms with Crippen LogP contribution >= 0.6 is 0 Å². The third-order valence-electron chi connectivity index (χ3n) is 5.26. The van der Waals surface area contributed by atoms with E-state index in [9.17, 15) is 10.1 Å². The van der Waals surface area contributed by atoms with Gasteiger partial charge in [-0.05, 0) is 62.2 Å². The zero-order valence-electron chi connectivity index (χ0n) is 17.2.